The van der Waals surface area contributed by atoms with E-state index in [1.165, 1.54) is 12.1 Å². The topological polar surface area (TPSA) is 79.5 Å². The van der Waals surface area contributed by atoms with Gasteiger partial charge in [-0.25, -0.2) is 4.39 Å². The summed E-state index contributed by atoms with van der Waals surface area (Å²) in [5.74, 6) is -2.67. The van der Waals surface area contributed by atoms with E-state index in [9.17, 15) is 27.2 Å². The fourth-order valence-electron chi connectivity index (χ4n) is 5.87. The molecule has 0 unspecified atom stereocenters. The number of hydrogen-bond donors (Lipinski definition) is 2. The number of halogens is 5. The lowest BCUT2D eigenvalue weighted by Gasteiger charge is -2.42. The molecule has 0 saturated heterocycles. The monoisotopic (exact) mass is 601 g/mol. The summed E-state index contributed by atoms with van der Waals surface area (Å²) in [6.07, 6.45) is -3.50. The van der Waals surface area contributed by atoms with Gasteiger partial charge in [0, 0.05) is 29.3 Å². The SMILES string of the molecule is O=C(O)CCNC(=O)c1ccc(C2(c3ccc(Cc4cc5cc(F)cc(Cl)c5o4)cc3)CCC(C(F)(F)F)CC2)cc1. The molecule has 1 fully saturated rings. The maximum atomic E-state index is 13.7. The number of rotatable bonds is 8. The molecular formula is C32H28ClF4NO4. The third kappa shape index (κ3) is 6.31. The number of nitrogens with one attached hydrogen (secondary N) is 1. The van der Waals surface area contributed by atoms with E-state index in [4.69, 9.17) is 21.1 Å². The predicted molar refractivity (Wildman–Crippen MR) is 150 cm³/mol. The van der Waals surface area contributed by atoms with Crippen LogP contribution in [0, 0.1) is 11.7 Å². The molecule has 3 aromatic carbocycles. The van der Waals surface area contributed by atoms with E-state index < -0.39 is 35.2 Å². The quantitative estimate of drug-likeness (QED) is 0.200. The Morgan fingerprint density at radius 2 is 1.60 bits per heavy atom. The van der Waals surface area contributed by atoms with Crippen LogP contribution in [0.2, 0.25) is 5.02 Å². The number of carbonyl (C=O) groups excluding carboxylic acids is 1. The molecule has 1 aliphatic rings. The number of aliphatic carboxylic acids is 1. The molecule has 0 radical (unpaired) electrons. The summed E-state index contributed by atoms with van der Waals surface area (Å²) >= 11 is 6.11. The molecule has 1 aromatic heterocycles. The van der Waals surface area contributed by atoms with E-state index in [1.54, 1.807) is 30.3 Å². The zero-order valence-electron chi connectivity index (χ0n) is 22.4. The zero-order chi connectivity index (χ0) is 30.1. The summed E-state index contributed by atoms with van der Waals surface area (Å²) in [6, 6.07) is 18.7. The molecule has 0 spiro atoms. The average molecular weight is 602 g/mol. The number of carboxylic acids is 1. The maximum Gasteiger partial charge on any atom is 0.391 e. The highest BCUT2D eigenvalue weighted by Gasteiger charge is 2.47. The normalized spacial score (nSPS) is 19.1. The Balaban J connectivity index is 1.40. The summed E-state index contributed by atoms with van der Waals surface area (Å²) in [5, 5.41) is 12.1. The van der Waals surface area contributed by atoms with Gasteiger partial charge in [0.1, 0.15) is 11.6 Å². The zero-order valence-corrected chi connectivity index (χ0v) is 23.2. The third-order valence-corrected chi connectivity index (χ3v) is 8.38. The van der Waals surface area contributed by atoms with E-state index in [0.717, 1.165) is 16.7 Å². The molecule has 42 heavy (non-hydrogen) atoms. The van der Waals surface area contributed by atoms with Crippen LogP contribution in [0.1, 0.15) is 64.9 Å². The van der Waals surface area contributed by atoms with Crippen LogP contribution in [0.4, 0.5) is 17.6 Å². The van der Waals surface area contributed by atoms with Crippen molar-refractivity contribution in [2.24, 2.45) is 5.92 Å². The van der Waals surface area contributed by atoms with Gasteiger partial charge >= 0.3 is 12.1 Å². The molecule has 1 heterocycles. The summed E-state index contributed by atoms with van der Waals surface area (Å²) in [6.45, 7) is -0.0109. The average Bonchev–Trinajstić information content (AvgIpc) is 3.35. The second-order valence-electron chi connectivity index (χ2n) is 10.8. The summed E-state index contributed by atoms with van der Waals surface area (Å²) in [7, 11) is 0. The number of carbonyl (C=O) groups is 2. The van der Waals surface area contributed by atoms with Gasteiger partial charge in [0.05, 0.1) is 17.4 Å². The van der Waals surface area contributed by atoms with Crippen molar-refractivity contribution in [3.63, 3.8) is 0 Å². The van der Waals surface area contributed by atoms with Gasteiger partial charge in [0.25, 0.3) is 5.91 Å². The summed E-state index contributed by atoms with van der Waals surface area (Å²) in [4.78, 5) is 23.2. The number of carboxylic acid groups (broad SMARTS) is 1. The van der Waals surface area contributed by atoms with Crippen molar-refractivity contribution in [1.29, 1.82) is 0 Å². The lowest BCUT2D eigenvalue weighted by Crippen LogP contribution is -2.37. The molecule has 1 amide bonds. The highest BCUT2D eigenvalue weighted by Crippen LogP contribution is 2.50. The van der Waals surface area contributed by atoms with Gasteiger partial charge in [0.15, 0.2) is 5.58 Å². The summed E-state index contributed by atoms with van der Waals surface area (Å²) < 4.78 is 60.2. The smallest absolute Gasteiger partial charge is 0.391 e. The van der Waals surface area contributed by atoms with Gasteiger partial charge < -0.3 is 14.8 Å². The summed E-state index contributed by atoms with van der Waals surface area (Å²) in [5.41, 5.74) is 2.66. The van der Waals surface area contributed by atoms with Crippen molar-refractivity contribution in [2.75, 3.05) is 6.54 Å². The van der Waals surface area contributed by atoms with Crippen molar-refractivity contribution < 1.29 is 36.7 Å². The molecule has 4 aromatic rings. The Hall–Kier alpha value is -3.85. The lowest BCUT2D eigenvalue weighted by molar-refractivity contribution is -0.184. The van der Waals surface area contributed by atoms with Crippen molar-refractivity contribution in [1.82, 2.24) is 5.32 Å². The maximum absolute atomic E-state index is 13.7. The van der Waals surface area contributed by atoms with Gasteiger partial charge in [-0.2, -0.15) is 13.2 Å². The first kappa shape index (κ1) is 29.6. The molecule has 0 atom stereocenters. The van der Waals surface area contributed by atoms with Crippen molar-refractivity contribution >= 4 is 34.4 Å². The van der Waals surface area contributed by atoms with Crippen LogP contribution in [-0.4, -0.2) is 29.7 Å². The van der Waals surface area contributed by atoms with Crippen LogP contribution in [0.3, 0.4) is 0 Å². The number of furan rings is 1. The highest BCUT2D eigenvalue weighted by molar-refractivity contribution is 6.34. The highest BCUT2D eigenvalue weighted by atomic mass is 35.5. The number of fused-ring (bicyclic) bond motifs is 1. The van der Waals surface area contributed by atoms with Crippen LogP contribution in [0.15, 0.2) is 71.1 Å². The number of hydrogen-bond acceptors (Lipinski definition) is 3. The van der Waals surface area contributed by atoms with E-state index in [0.29, 0.717) is 28.7 Å². The Kier molecular flexibility index (Phi) is 8.32. The van der Waals surface area contributed by atoms with Crippen LogP contribution < -0.4 is 5.32 Å². The molecule has 5 rings (SSSR count). The first-order valence-electron chi connectivity index (χ1n) is 13.6. The van der Waals surface area contributed by atoms with Gasteiger partial charge in [0.2, 0.25) is 0 Å². The van der Waals surface area contributed by atoms with E-state index >= 15 is 0 Å². The van der Waals surface area contributed by atoms with Crippen LogP contribution in [-0.2, 0) is 16.6 Å². The van der Waals surface area contributed by atoms with Crippen LogP contribution in [0.25, 0.3) is 11.0 Å². The predicted octanol–water partition coefficient (Wildman–Crippen LogP) is 8.06. The fourth-order valence-corrected chi connectivity index (χ4v) is 6.12. The lowest BCUT2D eigenvalue weighted by atomic mass is 9.63. The van der Waals surface area contributed by atoms with Crippen molar-refractivity contribution in [3.05, 3.63) is 106 Å². The Morgan fingerprint density at radius 3 is 2.19 bits per heavy atom. The van der Waals surface area contributed by atoms with Gasteiger partial charge in [-0.05, 0) is 72.7 Å². The Morgan fingerprint density at radius 1 is 0.976 bits per heavy atom. The first-order chi connectivity index (χ1) is 19.9. The Bertz CT molecular complexity index is 1590. The number of benzene rings is 3. The molecule has 2 N–H and O–H groups in total. The number of amides is 1. The van der Waals surface area contributed by atoms with Gasteiger partial charge in [-0.3, -0.25) is 9.59 Å². The minimum absolute atomic E-state index is 0.0109. The van der Waals surface area contributed by atoms with E-state index in [1.807, 2.05) is 24.3 Å². The van der Waals surface area contributed by atoms with Gasteiger partial charge in [-0.15, -0.1) is 0 Å². The minimum atomic E-state index is -4.26. The van der Waals surface area contributed by atoms with E-state index in [2.05, 4.69) is 5.32 Å². The molecule has 0 bridgehead atoms. The van der Waals surface area contributed by atoms with Crippen LogP contribution in [0.5, 0.6) is 0 Å². The molecule has 5 nitrogen and oxygen atoms in total. The molecular weight excluding hydrogens is 574 g/mol. The van der Waals surface area contributed by atoms with Gasteiger partial charge in [-0.1, -0.05) is 48.0 Å². The minimum Gasteiger partial charge on any atom is -0.481 e. The third-order valence-electron chi connectivity index (χ3n) is 8.10. The molecule has 1 saturated carbocycles. The van der Waals surface area contributed by atoms with E-state index in [-0.39, 0.29) is 43.7 Å². The van der Waals surface area contributed by atoms with Crippen molar-refractivity contribution in [2.45, 2.75) is 50.1 Å². The Labute approximate surface area is 244 Å². The second-order valence-corrected chi connectivity index (χ2v) is 11.2. The molecule has 220 valence electrons. The standard InChI is InChI=1S/C32H28ClF4NO4/c33-27-18-25(34)16-21-17-26(42-29(21)27)15-19-1-5-22(6-2-19)31(12-9-24(10-13-31)32(35,36)37)23-7-3-20(4-8-23)30(41)38-14-11-28(39)40/h1-8,16-18,24H,9-15H2,(H,38,41)(H,39,40). The fraction of sp³-hybridized carbons (Fsp3) is 0.312. The second kappa shape index (κ2) is 11.8. The molecule has 1 aliphatic carbocycles. The molecule has 0 aliphatic heterocycles. The van der Waals surface area contributed by atoms with Crippen LogP contribution >= 0.6 is 11.6 Å². The number of alkyl halides is 3. The largest absolute Gasteiger partial charge is 0.481 e. The molecule has 10 heteroatoms. The first-order valence-corrected chi connectivity index (χ1v) is 14.0. The van der Waals surface area contributed by atoms with Crippen molar-refractivity contribution in [3.8, 4) is 0 Å².